The Balaban J connectivity index is 2.38. The average molecular weight is 252 g/mol. The van der Waals surface area contributed by atoms with Gasteiger partial charge in [0.15, 0.2) is 0 Å². The number of hydrogen-bond acceptors (Lipinski definition) is 2. The molecule has 0 saturated heterocycles. The fourth-order valence-electron chi connectivity index (χ4n) is 1.57. The van der Waals surface area contributed by atoms with Gasteiger partial charge >= 0.3 is 6.18 Å². The largest absolute Gasteiger partial charge is 0.451 e. The van der Waals surface area contributed by atoms with Crippen molar-refractivity contribution < 1.29 is 13.2 Å². The molecule has 2 nitrogen and oxygen atoms in total. The maximum Gasteiger partial charge on any atom is 0.451 e. The van der Waals surface area contributed by atoms with Gasteiger partial charge in [-0.15, -0.1) is 0 Å². The van der Waals surface area contributed by atoms with Crippen LogP contribution in [0.4, 0.5) is 13.2 Å². The van der Waals surface area contributed by atoms with Crippen LogP contribution in [-0.4, -0.2) is 9.97 Å². The van der Waals surface area contributed by atoms with Crippen LogP contribution < -0.4 is 0 Å². The summed E-state index contributed by atoms with van der Waals surface area (Å²) in [7, 11) is 0. The first-order valence-electron chi connectivity index (χ1n) is 5.50. The summed E-state index contributed by atoms with van der Waals surface area (Å²) >= 11 is 0. The summed E-state index contributed by atoms with van der Waals surface area (Å²) in [6.07, 6.45) is -2.50. The van der Waals surface area contributed by atoms with Crippen molar-refractivity contribution in [3.05, 3.63) is 47.9 Å². The van der Waals surface area contributed by atoms with E-state index in [1.54, 1.807) is 12.1 Å². The van der Waals surface area contributed by atoms with E-state index in [1.807, 2.05) is 19.1 Å². The first-order valence-corrected chi connectivity index (χ1v) is 5.50. The highest BCUT2D eigenvalue weighted by molar-refractivity contribution is 5.59. The van der Waals surface area contributed by atoms with Gasteiger partial charge in [0.05, 0.1) is 5.69 Å². The number of halogens is 3. The summed E-state index contributed by atoms with van der Waals surface area (Å²) < 4.78 is 37.4. The fraction of sp³-hybridized carbons (Fsp3) is 0.231. The molecule has 0 atom stereocenters. The summed E-state index contributed by atoms with van der Waals surface area (Å²) in [5, 5.41) is 0. The van der Waals surface area contributed by atoms with E-state index in [1.165, 1.54) is 6.07 Å². The zero-order chi connectivity index (χ0) is 13.2. The Morgan fingerprint density at radius 2 is 1.72 bits per heavy atom. The number of aromatic nitrogens is 2. The average Bonchev–Trinajstić information content (AvgIpc) is 2.38. The summed E-state index contributed by atoms with van der Waals surface area (Å²) in [5.74, 6) is -1.11. The van der Waals surface area contributed by atoms with Crippen molar-refractivity contribution >= 4 is 0 Å². The molecule has 2 aromatic rings. The van der Waals surface area contributed by atoms with Gasteiger partial charge in [-0.05, 0) is 18.1 Å². The molecule has 0 radical (unpaired) electrons. The van der Waals surface area contributed by atoms with Crippen molar-refractivity contribution in [3.63, 3.8) is 0 Å². The minimum absolute atomic E-state index is 0.278. The third-order valence-corrected chi connectivity index (χ3v) is 2.57. The minimum Gasteiger partial charge on any atom is -0.233 e. The predicted octanol–water partition coefficient (Wildman–Crippen LogP) is 3.72. The van der Waals surface area contributed by atoms with Gasteiger partial charge in [-0.25, -0.2) is 9.97 Å². The van der Waals surface area contributed by atoms with Crippen LogP contribution in [0, 0.1) is 0 Å². The lowest BCUT2D eigenvalue weighted by Gasteiger charge is -2.07. The minimum atomic E-state index is -4.51. The lowest BCUT2D eigenvalue weighted by atomic mass is 10.1. The van der Waals surface area contributed by atoms with E-state index in [0.29, 0.717) is 5.56 Å². The Kier molecular flexibility index (Phi) is 3.32. The van der Waals surface area contributed by atoms with Crippen LogP contribution in [0.1, 0.15) is 18.3 Å². The third-order valence-electron chi connectivity index (χ3n) is 2.57. The lowest BCUT2D eigenvalue weighted by Crippen LogP contribution is -2.10. The van der Waals surface area contributed by atoms with Crippen LogP contribution in [0.15, 0.2) is 36.5 Å². The topological polar surface area (TPSA) is 25.8 Å². The third kappa shape index (κ3) is 2.67. The van der Waals surface area contributed by atoms with Crippen LogP contribution in [-0.2, 0) is 12.6 Å². The Hall–Kier alpha value is -1.91. The molecule has 0 aliphatic rings. The van der Waals surface area contributed by atoms with Crippen LogP contribution in [0.3, 0.4) is 0 Å². The molecule has 2 rings (SSSR count). The monoisotopic (exact) mass is 252 g/mol. The number of hydrogen-bond donors (Lipinski definition) is 0. The van der Waals surface area contributed by atoms with Crippen molar-refractivity contribution in [2.45, 2.75) is 19.5 Å². The number of alkyl halides is 3. The van der Waals surface area contributed by atoms with Gasteiger partial charge in [0.1, 0.15) is 0 Å². The molecular weight excluding hydrogens is 241 g/mol. The highest BCUT2D eigenvalue weighted by atomic mass is 19.4. The second-order valence-electron chi connectivity index (χ2n) is 3.81. The lowest BCUT2D eigenvalue weighted by molar-refractivity contribution is -0.144. The standard InChI is InChI=1S/C13H11F3N2/c1-2-9-3-5-10(6-4-9)11-7-8-17-12(18-11)13(14,15)16/h3-8H,2H2,1H3. The van der Waals surface area contributed by atoms with Gasteiger partial charge in [0.25, 0.3) is 0 Å². The van der Waals surface area contributed by atoms with E-state index in [-0.39, 0.29) is 5.69 Å². The van der Waals surface area contributed by atoms with E-state index < -0.39 is 12.0 Å². The fourth-order valence-corrected chi connectivity index (χ4v) is 1.57. The molecule has 0 spiro atoms. The van der Waals surface area contributed by atoms with Crippen molar-refractivity contribution in [1.82, 2.24) is 9.97 Å². The van der Waals surface area contributed by atoms with Gasteiger partial charge in [-0.3, -0.25) is 0 Å². The normalized spacial score (nSPS) is 11.6. The summed E-state index contributed by atoms with van der Waals surface area (Å²) in [6.45, 7) is 2.02. The zero-order valence-electron chi connectivity index (χ0n) is 9.70. The molecule has 1 aromatic carbocycles. The summed E-state index contributed by atoms with van der Waals surface area (Å²) in [4.78, 5) is 6.77. The number of benzene rings is 1. The van der Waals surface area contributed by atoms with Crippen LogP contribution in [0.25, 0.3) is 11.3 Å². The van der Waals surface area contributed by atoms with Crippen molar-refractivity contribution in [3.8, 4) is 11.3 Å². The predicted molar refractivity (Wildman–Crippen MR) is 61.8 cm³/mol. The van der Waals surface area contributed by atoms with Crippen LogP contribution in [0.2, 0.25) is 0 Å². The van der Waals surface area contributed by atoms with Crippen molar-refractivity contribution in [2.24, 2.45) is 0 Å². The van der Waals surface area contributed by atoms with E-state index in [2.05, 4.69) is 9.97 Å². The van der Waals surface area contributed by atoms with Crippen molar-refractivity contribution in [2.75, 3.05) is 0 Å². The van der Waals surface area contributed by atoms with Gasteiger partial charge in [-0.2, -0.15) is 13.2 Å². The van der Waals surface area contributed by atoms with Crippen LogP contribution in [0.5, 0.6) is 0 Å². The molecule has 0 N–H and O–H groups in total. The van der Waals surface area contributed by atoms with Gasteiger partial charge in [-0.1, -0.05) is 31.2 Å². The molecule has 0 bridgehead atoms. The van der Waals surface area contributed by atoms with E-state index in [0.717, 1.165) is 18.2 Å². The summed E-state index contributed by atoms with van der Waals surface area (Å²) in [6, 6.07) is 8.76. The SMILES string of the molecule is CCc1ccc(-c2ccnc(C(F)(F)F)n2)cc1. The Morgan fingerprint density at radius 3 is 2.28 bits per heavy atom. The Bertz CT molecular complexity index is 533. The molecule has 0 aliphatic heterocycles. The first-order chi connectivity index (χ1) is 8.50. The molecule has 1 heterocycles. The maximum atomic E-state index is 12.5. The molecule has 94 valence electrons. The van der Waals surface area contributed by atoms with Crippen molar-refractivity contribution in [1.29, 1.82) is 0 Å². The van der Waals surface area contributed by atoms with Crippen LogP contribution >= 0.6 is 0 Å². The molecule has 5 heteroatoms. The first kappa shape index (κ1) is 12.5. The molecule has 0 fully saturated rings. The van der Waals surface area contributed by atoms with E-state index in [9.17, 15) is 13.2 Å². The van der Waals surface area contributed by atoms with Gasteiger partial charge < -0.3 is 0 Å². The molecule has 0 amide bonds. The second kappa shape index (κ2) is 4.76. The van der Waals surface area contributed by atoms with Gasteiger partial charge in [0.2, 0.25) is 5.82 Å². The summed E-state index contributed by atoms with van der Waals surface area (Å²) in [5.41, 5.74) is 2.06. The van der Waals surface area contributed by atoms with Gasteiger partial charge in [0, 0.05) is 11.8 Å². The number of rotatable bonds is 2. The Labute approximate surface area is 103 Å². The molecule has 0 aliphatic carbocycles. The highest BCUT2D eigenvalue weighted by Gasteiger charge is 2.34. The molecule has 1 aromatic heterocycles. The molecule has 0 unspecified atom stereocenters. The highest BCUT2D eigenvalue weighted by Crippen LogP contribution is 2.27. The number of aryl methyl sites for hydroxylation is 1. The molecule has 0 saturated carbocycles. The number of nitrogens with zero attached hydrogens (tertiary/aromatic N) is 2. The Morgan fingerprint density at radius 1 is 1.06 bits per heavy atom. The maximum absolute atomic E-state index is 12.5. The quantitative estimate of drug-likeness (QED) is 0.814. The molecular formula is C13H11F3N2. The zero-order valence-corrected chi connectivity index (χ0v) is 9.70. The smallest absolute Gasteiger partial charge is 0.233 e. The van der Waals surface area contributed by atoms with E-state index in [4.69, 9.17) is 0 Å². The molecule has 18 heavy (non-hydrogen) atoms. The second-order valence-corrected chi connectivity index (χ2v) is 3.81. The van der Waals surface area contributed by atoms with E-state index >= 15 is 0 Å².